The Kier molecular flexibility index (Phi) is 5.41. The van der Waals surface area contributed by atoms with Crippen molar-refractivity contribution in [1.82, 2.24) is 5.32 Å². The Hall–Kier alpha value is -2.30. The molecule has 5 nitrogen and oxygen atoms in total. The number of nitrogens with one attached hydrogen (secondary N) is 1. The molecule has 5 heteroatoms. The smallest absolute Gasteiger partial charge is 0.308 e. The largest absolute Gasteiger partial charge is 0.457 e. The second-order valence-electron chi connectivity index (χ2n) is 6.90. The second kappa shape index (κ2) is 7.72. The molecule has 25 heavy (non-hydrogen) atoms. The molecule has 0 spiro atoms. The molecule has 1 saturated carbocycles. The summed E-state index contributed by atoms with van der Waals surface area (Å²) >= 11 is 0. The number of furan rings is 1. The highest BCUT2D eigenvalue weighted by molar-refractivity contribution is 5.82. The summed E-state index contributed by atoms with van der Waals surface area (Å²) in [5.74, 6) is 0.499. The first-order chi connectivity index (χ1) is 12.0. The van der Waals surface area contributed by atoms with Crippen molar-refractivity contribution in [3.05, 3.63) is 35.6 Å². The number of fused-ring (bicyclic) bond motifs is 1. The van der Waals surface area contributed by atoms with E-state index in [-0.39, 0.29) is 36.9 Å². The third-order valence-electron chi connectivity index (χ3n) is 4.89. The van der Waals surface area contributed by atoms with Crippen LogP contribution in [0.3, 0.4) is 0 Å². The van der Waals surface area contributed by atoms with E-state index in [0.717, 1.165) is 42.2 Å². The Morgan fingerprint density at radius 1 is 1.28 bits per heavy atom. The molecule has 1 aliphatic carbocycles. The molecule has 1 amide bonds. The van der Waals surface area contributed by atoms with Gasteiger partial charge in [0.1, 0.15) is 18.0 Å². The van der Waals surface area contributed by atoms with Gasteiger partial charge < -0.3 is 14.5 Å². The van der Waals surface area contributed by atoms with E-state index in [1.54, 1.807) is 0 Å². The minimum atomic E-state index is -0.334. The Bertz CT molecular complexity index is 758. The molecule has 1 N–H and O–H groups in total. The van der Waals surface area contributed by atoms with E-state index in [1.807, 2.05) is 38.1 Å². The molecule has 0 saturated heterocycles. The van der Waals surface area contributed by atoms with Gasteiger partial charge in [-0.3, -0.25) is 9.59 Å². The fraction of sp³-hybridized carbons (Fsp3) is 0.500. The molecule has 1 aromatic heterocycles. The summed E-state index contributed by atoms with van der Waals surface area (Å²) in [6.07, 6.45) is 4.30. The summed E-state index contributed by atoms with van der Waals surface area (Å²) in [6, 6.07) is 7.52. The van der Waals surface area contributed by atoms with Gasteiger partial charge in [-0.05, 0) is 32.8 Å². The molecular weight excluding hydrogens is 318 g/mol. The molecule has 1 heterocycles. The third-order valence-corrected chi connectivity index (χ3v) is 4.89. The zero-order valence-electron chi connectivity index (χ0n) is 14.8. The summed E-state index contributed by atoms with van der Waals surface area (Å²) in [4.78, 5) is 24.1. The number of benzene rings is 1. The molecule has 134 valence electrons. The van der Waals surface area contributed by atoms with Gasteiger partial charge in [0, 0.05) is 22.9 Å². The van der Waals surface area contributed by atoms with Gasteiger partial charge in [-0.2, -0.15) is 0 Å². The van der Waals surface area contributed by atoms with E-state index in [1.165, 1.54) is 0 Å². The normalized spacial score (nSPS) is 16.1. The molecule has 0 radical (unpaired) electrons. The van der Waals surface area contributed by atoms with E-state index in [4.69, 9.17) is 9.15 Å². The Labute approximate surface area is 147 Å². The van der Waals surface area contributed by atoms with Crippen LogP contribution >= 0.6 is 0 Å². The van der Waals surface area contributed by atoms with Crippen LogP contribution in [0.25, 0.3) is 11.0 Å². The number of hydrogen-bond acceptors (Lipinski definition) is 4. The molecule has 0 aliphatic heterocycles. The number of aryl methyl sites for hydroxylation is 1. The zero-order chi connectivity index (χ0) is 17.8. The van der Waals surface area contributed by atoms with Crippen LogP contribution in [0, 0.1) is 12.8 Å². The highest BCUT2D eigenvalue weighted by Gasteiger charge is 2.24. The number of carbonyl (C=O) groups is 2. The molecule has 1 aliphatic rings. The standard InChI is InChI=1S/C20H25NO4/c1-13(21-20(23)15-7-3-4-8-15)11-19(22)24-12-18-14(2)16-9-5-6-10-17(16)25-18/h5-6,9-10,13,15H,3-4,7-8,11-12H2,1-2H3,(H,21,23). The van der Waals surface area contributed by atoms with Crippen molar-refractivity contribution in [3.8, 4) is 0 Å². The summed E-state index contributed by atoms with van der Waals surface area (Å²) in [5, 5.41) is 3.95. The Morgan fingerprint density at radius 2 is 2.00 bits per heavy atom. The maximum Gasteiger partial charge on any atom is 0.308 e. The molecule has 1 unspecified atom stereocenters. The van der Waals surface area contributed by atoms with Gasteiger partial charge in [-0.25, -0.2) is 0 Å². The van der Waals surface area contributed by atoms with Crippen LogP contribution in [0.1, 0.15) is 50.4 Å². The number of rotatable bonds is 6. The summed E-state index contributed by atoms with van der Waals surface area (Å²) in [5.41, 5.74) is 1.79. The molecule has 1 fully saturated rings. The average Bonchev–Trinajstić information content (AvgIpc) is 3.22. The average molecular weight is 343 g/mol. The van der Waals surface area contributed by atoms with E-state index in [2.05, 4.69) is 5.32 Å². The van der Waals surface area contributed by atoms with Crippen LogP contribution in [0.4, 0.5) is 0 Å². The highest BCUT2D eigenvalue weighted by Crippen LogP contribution is 2.26. The highest BCUT2D eigenvalue weighted by atomic mass is 16.5. The first-order valence-corrected chi connectivity index (χ1v) is 8.97. The fourth-order valence-corrected chi connectivity index (χ4v) is 3.42. The maximum absolute atomic E-state index is 12.1. The number of esters is 1. The minimum Gasteiger partial charge on any atom is -0.457 e. The summed E-state index contributed by atoms with van der Waals surface area (Å²) in [7, 11) is 0. The van der Waals surface area contributed by atoms with Crippen molar-refractivity contribution in [2.45, 2.75) is 58.6 Å². The Balaban J connectivity index is 1.48. The van der Waals surface area contributed by atoms with E-state index < -0.39 is 0 Å². The van der Waals surface area contributed by atoms with Gasteiger partial charge in [0.05, 0.1) is 6.42 Å². The first-order valence-electron chi connectivity index (χ1n) is 8.97. The molecular formula is C20H25NO4. The first kappa shape index (κ1) is 17.5. The number of amides is 1. The Morgan fingerprint density at radius 3 is 2.72 bits per heavy atom. The molecule has 1 atom stereocenters. The van der Waals surface area contributed by atoms with Crippen LogP contribution in [-0.4, -0.2) is 17.9 Å². The van der Waals surface area contributed by atoms with Gasteiger partial charge in [0.25, 0.3) is 0 Å². The zero-order valence-corrected chi connectivity index (χ0v) is 14.8. The van der Waals surface area contributed by atoms with E-state index in [0.29, 0.717) is 5.76 Å². The number of ether oxygens (including phenoxy) is 1. The predicted molar refractivity (Wildman–Crippen MR) is 94.9 cm³/mol. The van der Waals surface area contributed by atoms with Crippen molar-refractivity contribution < 1.29 is 18.7 Å². The van der Waals surface area contributed by atoms with Crippen LogP contribution in [0.15, 0.2) is 28.7 Å². The van der Waals surface area contributed by atoms with Crippen molar-refractivity contribution in [2.24, 2.45) is 5.92 Å². The third kappa shape index (κ3) is 4.21. The minimum absolute atomic E-state index is 0.0610. The van der Waals surface area contributed by atoms with Crippen molar-refractivity contribution in [1.29, 1.82) is 0 Å². The quantitative estimate of drug-likeness (QED) is 0.809. The van der Waals surface area contributed by atoms with Gasteiger partial charge in [-0.1, -0.05) is 31.0 Å². The SMILES string of the molecule is Cc1c(COC(=O)CC(C)NC(=O)C2CCCC2)oc2ccccc12. The molecule has 2 aromatic rings. The fourth-order valence-electron chi connectivity index (χ4n) is 3.42. The van der Waals surface area contributed by atoms with Crippen LogP contribution in [0.5, 0.6) is 0 Å². The lowest BCUT2D eigenvalue weighted by Gasteiger charge is -2.16. The predicted octanol–water partition coefficient (Wildman–Crippen LogP) is 3.87. The van der Waals surface area contributed by atoms with Gasteiger partial charge >= 0.3 is 5.97 Å². The number of hydrogen-bond donors (Lipinski definition) is 1. The lowest BCUT2D eigenvalue weighted by molar-refractivity contribution is -0.146. The van der Waals surface area contributed by atoms with Crippen molar-refractivity contribution in [2.75, 3.05) is 0 Å². The van der Waals surface area contributed by atoms with Crippen LogP contribution in [0.2, 0.25) is 0 Å². The van der Waals surface area contributed by atoms with Crippen molar-refractivity contribution >= 4 is 22.8 Å². The van der Waals surface area contributed by atoms with Crippen LogP contribution in [-0.2, 0) is 20.9 Å². The second-order valence-corrected chi connectivity index (χ2v) is 6.90. The monoisotopic (exact) mass is 343 g/mol. The molecule has 3 rings (SSSR count). The van der Waals surface area contributed by atoms with Crippen molar-refractivity contribution in [3.63, 3.8) is 0 Å². The lowest BCUT2D eigenvalue weighted by atomic mass is 10.1. The van der Waals surface area contributed by atoms with Gasteiger partial charge in [0.15, 0.2) is 0 Å². The van der Waals surface area contributed by atoms with Crippen LogP contribution < -0.4 is 5.32 Å². The molecule has 1 aromatic carbocycles. The summed E-state index contributed by atoms with van der Waals surface area (Å²) < 4.78 is 11.1. The summed E-state index contributed by atoms with van der Waals surface area (Å²) in [6.45, 7) is 3.91. The molecule has 0 bridgehead atoms. The topological polar surface area (TPSA) is 68.5 Å². The maximum atomic E-state index is 12.1. The number of carbonyl (C=O) groups excluding carboxylic acids is 2. The van der Waals surface area contributed by atoms with Gasteiger partial charge in [0.2, 0.25) is 5.91 Å². The van der Waals surface area contributed by atoms with E-state index >= 15 is 0 Å². The lowest BCUT2D eigenvalue weighted by Crippen LogP contribution is -2.37. The van der Waals surface area contributed by atoms with E-state index in [9.17, 15) is 9.59 Å². The van der Waals surface area contributed by atoms with Gasteiger partial charge in [-0.15, -0.1) is 0 Å². The number of para-hydroxylation sites is 1.